The molecule has 0 spiro atoms. The Balaban J connectivity index is 2.07. The van der Waals surface area contributed by atoms with E-state index < -0.39 is 5.76 Å². The molecule has 0 saturated carbocycles. The maximum absolute atomic E-state index is 11.2. The molecule has 5 heteroatoms. The van der Waals surface area contributed by atoms with E-state index in [0.717, 1.165) is 17.1 Å². The van der Waals surface area contributed by atoms with Crippen LogP contribution in [0.1, 0.15) is 23.1 Å². The Kier molecular flexibility index (Phi) is 2.76. The van der Waals surface area contributed by atoms with Crippen LogP contribution in [-0.4, -0.2) is 12.0 Å². The van der Waals surface area contributed by atoms with Gasteiger partial charge in [-0.1, -0.05) is 6.07 Å². The van der Waals surface area contributed by atoms with Crippen LogP contribution in [0.2, 0.25) is 0 Å². The normalized spacial score (nSPS) is 12.9. The summed E-state index contributed by atoms with van der Waals surface area (Å²) in [6.07, 6.45) is 0. The number of H-pyrrole nitrogens is 1. The third kappa shape index (κ3) is 2.08. The van der Waals surface area contributed by atoms with Gasteiger partial charge in [-0.25, -0.2) is 4.79 Å². The third-order valence-electron chi connectivity index (χ3n) is 3.11. The zero-order valence-electron chi connectivity index (χ0n) is 10.7. The zero-order chi connectivity index (χ0) is 13.4. The lowest BCUT2D eigenvalue weighted by atomic mass is 10.0. The van der Waals surface area contributed by atoms with Gasteiger partial charge in [0.2, 0.25) is 0 Å². The minimum absolute atomic E-state index is 0.0710. The summed E-state index contributed by atoms with van der Waals surface area (Å²) in [6, 6.07) is 9.40. The van der Waals surface area contributed by atoms with Crippen molar-refractivity contribution in [2.45, 2.75) is 13.0 Å². The number of hydrogen-bond donors (Lipinski definition) is 2. The Hall–Kier alpha value is -2.27. The van der Waals surface area contributed by atoms with Crippen LogP contribution in [-0.2, 0) is 0 Å². The number of oxazole rings is 1. The fraction of sp³-hybridized carbons (Fsp3) is 0.214. The second-order valence-corrected chi connectivity index (χ2v) is 4.44. The van der Waals surface area contributed by atoms with E-state index in [9.17, 15) is 4.79 Å². The molecule has 1 aromatic carbocycles. The summed E-state index contributed by atoms with van der Waals surface area (Å²) in [5, 5.41) is 3.20. The fourth-order valence-electron chi connectivity index (χ4n) is 2.22. The molecule has 3 rings (SSSR count). The number of furan rings is 1. The molecule has 1 atom stereocenters. The van der Waals surface area contributed by atoms with Gasteiger partial charge in [-0.05, 0) is 43.8 Å². The smallest absolute Gasteiger partial charge is 0.417 e. The first kappa shape index (κ1) is 11.8. The summed E-state index contributed by atoms with van der Waals surface area (Å²) in [6.45, 7) is 1.91. The van der Waals surface area contributed by atoms with Crippen molar-refractivity contribution in [3.63, 3.8) is 0 Å². The Morgan fingerprint density at radius 3 is 2.74 bits per heavy atom. The van der Waals surface area contributed by atoms with Crippen molar-refractivity contribution in [3.8, 4) is 0 Å². The van der Waals surface area contributed by atoms with Gasteiger partial charge in [0.25, 0.3) is 0 Å². The van der Waals surface area contributed by atoms with Gasteiger partial charge < -0.3 is 14.2 Å². The Morgan fingerprint density at radius 2 is 2.05 bits per heavy atom. The Bertz CT molecular complexity index is 766. The first-order valence-electron chi connectivity index (χ1n) is 6.04. The molecule has 5 nitrogen and oxygen atoms in total. The van der Waals surface area contributed by atoms with Crippen molar-refractivity contribution in [1.82, 2.24) is 10.3 Å². The van der Waals surface area contributed by atoms with Crippen LogP contribution in [0, 0.1) is 6.92 Å². The van der Waals surface area contributed by atoms with E-state index in [0.29, 0.717) is 11.1 Å². The molecule has 0 saturated heterocycles. The van der Waals surface area contributed by atoms with Crippen LogP contribution in [0.15, 0.2) is 44.0 Å². The maximum Gasteiger partial charge on any atom is 0.417 e. The summed E-state index contributed by atoms with van der Waals surface area (Å²) in [5.74, 6) is 1.25. The van der Waals surface area contributed by atoms with Crippen molar-refractivity contribution in [2.24, 2.45) is 0 Å². The van der Waals surface area contributed by atoms with Gasteiger partial charge in [0.05, 0.1) is 11.6 Å². The van der Waals surface area contributed by atoms with Crippen molar-refractivity contribution in [1.29, 1.82) is 0 Å². The summed E-state index contributed by atoms with van der Waals surface area (Å²) in [4.78, 5) is 13.8. The fourth-order valence-corrected chi connectivity index (χ4v) is 2.22. The van der Waals surface area contributed by atoms with Gasteiger partial charge >= 0.3 is 5.76 Å². The van der Waals surface area contributed by atoms with Gasteiger partial charge in [0.1, 0.15) is 11.5 Å². The molecule has 1 unspecified atom stereocenters. The van der Waals surface area contributed by atoms with Gasteiger partial charge in [0.15, 0.2) is 5.58 Å². The third-order valence-corrected chi connectivity index (χ3v) is 3.11. The molecule has 2 N–H and O–H groups in total. The minimum atomic E-state index is -0.443. The lowest BCUT2D eigenvalue weighted by Gasteiger charge is -2.13. The summed E-state index contributed by atoms with van der Waals surface area (Å²) in [7, 11) is 1.86. The number of hydrogen-bond acceptors (Lipinski definition) is 4. The van der Waals surface area contributed by atoms with E-state index in [4.69, 9.17) is 8.83 Å². The molecule has 0 aliphatic rings. The second kappa shape index (κ2) is 4.44. The second-order valence-electron chi connectivity index (χ2n) is 4.44. The van der Waals surface area contributed by atoms with E-state index >= 15 is 0 Å². The Labute approximate surface area is 109 Å². The van der Waals surface area contributed by atoms with Gasteiger partial charge in [0, 0.05) is 0 Å². The molecule has 3 aromatic rings. The lowest BCUT2D eigenvalue weighted by molar-refractivity contribution is 0.444. The van der Waals surface area contributed by atoms with Crippen molar-refractivity contribution >= 4 is 11.1 Å². The van der Waals surface area contributed by atoms with Crippen LogP contribution in [0.4, 0.5) is 0 Å². The predicted molar refractivity (Wildman–Crippen MR) is 71.2 cm³/mol. The quantitative estimate of drug-likeness (QED) is 0.756. The van der Waals surface area contributed by atoms with Crippen LogP contribution in [0.25, 0.3) is 11.1 Å². The largest absolute Gasteiger partial charge is 0.464 e. The average molecular weight is 258 g/mol. The number of aromatic amines is 1. The zero-order valence-corrected chi connectivity index (χ0v) is 10.7. The van der Waals surface area contributed by atoms with Crippen LogP contribution in [0.3, 0.4) is 0 Å². The van der Waals surface area contributed by atoms with E-state index in [-0.39, 0.29) is 6.04 Å². The number of rotatable bonds is 3. The van der Waals surface area contributed by atoms with Crippen molar-refractivity contribution in [3.05, 3.63) is 58.0 Å². The molecule has 0 fully saturated rings. The lowest BCUT2D eigenvalue weighted by Crippen LogP contribution is -2.16. The highest BCUT2D eigenvalue weighted by Crippen LogP contribution is 2.25. The highest BCUT2D eigenvalue weighted by Gasteiger charge is 2.16. The minimum Gasteiger partial charge on any atom is -0.464 e. The summed E-state index contributed by atoms with van der Waals surface area (Å²) >= 11 is 0. The molecule has 19 heavy (non-hydrogen) atoms. The first-order valence-corrected chi connectivity index (χ1v) is 6.04. The Morgan fingerprint density at radius 1 is 1.21 bits per heavy atom. The highest BCUT2D eigenvalue weighted by atomic mass is 16.4. The summed E-state index contributed by atoms with van der Waals surface area (Å²) in [5.41, 5.74) is 2.22. The van der Waals surface area contributed by atoms with Crippen LogP contribution >= 0.6 is 0 Å². The van der Waals surface area contributed by atoms with E-state index in [1.54, 1.807) is 0 Å². The number of benzene rings is 1. The highest BCUT2D eigenvalue weighted by molar-refractivity contribution is 5.73. The molecular formula is C14H14N2O3. The molecule has 0 bridgehead atoms. The standard InChI is InChI=1S/C14H14N2O3/c1-8-3-6-11(18-8)13(15-2)9-4-5-10-12(7-9)19-14(17)16-10/h3-7,13,15H,1-2H3,(H,16,17). The van der Waals surface area contributed by atoms with Crippen molar-refractivity contribution in [2.75, 3.05) is 7.05 Å². The number of fused-ring (bicyclic) bond motifs is 1. The summed E-state index contributed by atoms with van der Waals surface area (Å²) < 4.78 is 10.7. The molecule has 2 heterocycles. The van der Waals surface area contributed by atoms with Crippen LogP contribution < -0.4 is 11.1 Å². The van der Waals surface area contributed by atoms with E-state index in [2.05, 4.69) is 10.3 Å². The maximum atomic E-state index is 11.2. The van der Waals surface area contributed by atoms with Crippen molar-refractivity contribution < 1.29 is 8.83 Å². The SMILES string of the molecule is CNC(c1ccc2[nH]c(=O)oc2c1)c1ccc(C)o1. The van der Waals surface area contributed by atoms with Crippen LogP contribution in [0.5, 0.6) is 0 Å². The molecule has 0 aliphatic heterocycles. The first-order chi connectivity index (χ1) is 9.17. The molecule has 0 aliphatic carbocycles. The van der Waals surface area contributed by atoms with E-state index in [1.165, 1.54) is 0 Å². The van der Waals surface area contributed by atoms with E-state index in [1.807, 2.05) is 44.3 Å². The average Bonchev–Trinajstić information content (AvgIpc) is 2.95. The molecule has 0 amide bonds. The number of nitrogens with one attached hydrogen (secondary N) is 2. The molecule has 2 aromatic heterocycles. The molecule has 98 valence electrons. The van der Waals surface area contributed by atoms with Gasteiger partial charge in [-0.3, -0.25) is 4.98 Å². The molecule has 0 radical (unpaired) electrons. The number of aromatic nitrogens is 1. The monoisotopic (exact) mass is 258 g/mol. The van der Waals surface area contributed by atoms with Gasteiger partial charge in [-0.2, -0.15) is 0 Å². The van der Waals surface area contributed by atoms with Gasteiger partial charge in [-0.15, -0.1) is 0 Å². The predicted octanol–water partition coefficient (Wildman–Crippen LogP) is 2.33. The topological polar surface area (TPSA) is 71.2 Å². The number of aryl methyl sites for hydroxylation is 1. The molecular weight excluding hydrogens is 244 g/mol.